The van der Waals surface area contributed by atoms with Gasteiger partial charge in [-0.15, -0.1) is 0 Å². The fourth-order valence-corrected chi connectivity index (χ4v) is 2.79. The van der Waals surface area contributed by atoms with Crippen molar-refractivity contribution in [3.05, 3.63) is 33.8 Å². The molecular formula is C14H16BrNO3. The molecule has 0 spiro atoms. The lowest BCUT2D eigenvalue weighted by Gasteiger charge is -2.20. The largest absolute Gasteiger partial charge is 0.478 e. The molecule has 0 radical (unpaired) electrons. The molecule has 0 aromatic heterocycles. The summed E-state index contributed by atoms with van der Waals surface area (Å²) in [5.74, 6) is -1.10. The average Bonchev–Trinajstić information content (AvgIpc) is 2.65. The summed E-state index contributed by atoms with van der Waals surface area (Å²) in [5, 5.41) is 9.03. The number of rotatable bonds is 2. The normalized spacial score (nSPS) is 15.9. The molecule has 0 atom stereocenters. The number of nitrogens with zero attached hydrogens (tertiary/aromatic N) is 1. The monoisotopic (exact) mass is 325 g/mol. The number of carboxylic acid groups (broad SMARTS) is 1. The zero-order valence-corrected chi connectivity index (χ0v) is 12.1. The number of likely N-dealkylation sites (tertiary alicyclic amines) is 1. The maximum absolute atomic E-state index is 12.4. The minimum atomic E-state index is -1.02. The number of amides is 1. The average molecular weight is 326 g/mol. The van der Waals surface area contributed by atoms with Gasteiger partial charge in [0.05, 0.1) is 5.56 Å². The molecule has 19 heavy (non-hydrogen) atoms. The molecule has 1 aromatic rings. The van der Waals surface area contributed by atoms with E-state index in [-0.39, 0.29) is 11.5 Å². The molecule has 102 valence electrons. The molecule has 1 fully saturated rings. The predicted octanol–water partition coefficient (Wildman–Crippen LogP) is 3.16. The van der Waals surface area contributed by atoms with E-state index >= 15 is 0 Å². The summed E-state index contributed by atoms with van der Waals surface area (Å²) in [6.45, 7) is 1.52. The molecule has 0 saturated carbocycles. The molecule has 1 aromatic carbocycles. The Hall–Kier alpha value is -1.36. The Bertz CT molecular complexity index is 493. The van der Waals surface area contributed by atoms with E-state index in [0.29, 0.717) is 10.0 Å². The van der Waals surface area contributed by atoms with Gasteiger partial charge < -0.3 is 10.0 Å². The van der Waals surface area contributed by atoms with E-state index in [0.717, 1.165) is 38.8 Å². The van der Waals surface area contributed by atoms with Crippen LogP contribution in [0.15, 0.2) is 22.7 Å². The van der Waals surface area contributed by atoms with E-state index < -0.39 is 5.97 Å². The van der Waals surface area contributed by atoms with Crippen molar-refractivity contribution in [2.75, 3.05) is 13.1 Å². The van der Waals surface area contributed by atoms with Gasteiger partial charge in [-0.1, -0.05) is 28.8 Å². The molecular weight excluding hydrogens is 310 g/mol. The topological polar surface area (TPSA) is 57.6 Å². The molecule has 2 rings (SSSR count). The molecule has 1 amide bonds. The molecule has 4 nitrogen and oxygen atoms in total. The first-order valence-electron chi connectivity index (χ1n) is 6.41. The molecule has 1 heterocycles. The fourth-order valence-electron chi connectivity index (χ4n) is 2.29. The first-order chi connectivity index (χ1) is 9.08. The van der Waals surface area contributed by atoms with Crippen LogP contribution in [0.3, 0.4) is 0 Å². The Balaban J connectivity index is 2.24. The summed E-state index contributed by atoms with van der Waals surface area (Å²) in [5.41, 5.74) is 0.571. The maximum Gasteiger partial charge on any atom is 0.335 e. The lowest BCUT2D eigenvalue weighted by atomic mass is 10.1. The Morgan fingerprint density at radius 2 is 1.58 bits per heavy atom. The van der Waals surface area contributed by atoms with Crippen LogP contribution in [0.5, 0.6) is 0 Å². The van der Waals surface area contributed by atoms with Crippen LogP contribution >= 0.6 is 15.9 Å². The van der Waals surface area contributed by atoms with Gasteiger partial charge in [-0.05, 0) is 31.0 Å². The second kappa shape index (κ2) is 6.19. The highest BCUT2D eigenvalue weighted by atomic mass is 79.9. The Labute approximate surface area is 120 Å². The number of carboxylic acids is 1. The van der Waals surface area contributed by atoms with Crippen molar-refractivity contribution in [1.29, 1.82) is 0 Å². The maximum atomic E-state index is 12.4. The highest BCUT2D eigenvalue weighted by Crippen LogP contribution is 2.19. The zero-order valence-electron chi connectivity index (χ0n) is 10.6. The van der Waals surface area contributed by atoms with Crippen molar-refractivity contribution in [2.45, 2.75) is 25.7 Å². The summed E-state index contributed by atoms with van der Waals surface area (Å²) in [7, 11) is 0. The zero-order chi connectivity index (χ0) is 13.8. The van der Waals surface area contributed by atoms with E-state index in [1.165, 1.54) is 12.1 Å². The third-order valence-electron chi connectivity index (χ3n) is 3.28. The molecule has 1 aliphatic rings. The summed E-state index contributed by atoms with van der Waals surface area (Å²) in [4.78, 5) is 25.2. The van der Waals surface area contributed by atoms with Crippen LogP contribution in [0.2, 0.25) is 0 Å². The third kappa shape index (κ3) is 3.56. The van der Waals surface area contributed by atoms with Gasteiger partial charge in [0.15, 0.2) is 0 Å². The number of hydrogen-bond acceptors (Lipinski definition) is 2. The second-order valence-electron chi connectivity index (χ2n) is 4.74. The van der Waals surface area contributed by atoms with E-state index in [9.17, 15) is 9.59 Å². The molecule has 0 bridgehead atoms. The second-order valence-corrected chi connectivity index (χ2v) is 5.66. The van der Waals surface area contributed by atoms with Gasteiger partial charge >= 0.3 is 5.97 Å². The first-order valence-corrected chi connectivity index (χ1v) is 7.20. The first kappa shape index (κ1) is 14.1. The summed E-state index contributed by atoms with van der Waals surface area (Å²) >= 11 is 3.25. The van der Waals surface area contributed by atoms with Gasteiger partial charge in [0.1, 0.15) is 0 Å². The SMILES string of the molecule is O=C(O)c1cc(Br)cc(C(=O)N2CCCCCC2)c1. The molecule has 1 N–H and O–H groups in total. The van der Waals surface area contributed by atoms with Crippen molar-refractivity contribution in [3.8, 4) is 0 Å². The smallest absolute Gasteiger partial charge is 0.335 e. The van der Waals surface area contributed by atoms with Crippen molar-refractivity contribution >= 4 is 27.8 Å². The molecule has 5 heteroatoms. The number of aromatic carboxylic acids is 1. The highest BCUT2D eigenvalue weighted by Gasteiger charge is 2.19. The van der Waals surface area contributed by atoms with Crippen molar-refractivity contribution in [2.24, 2.45) is 0 Å². The molecule has 0 unspecified atom stereocenters. The van der Waals surface area contributed by atoms with E-state index in [2.05, 4.69) is 15.9 Å². The van der Waals surface area contributed by atoms with Gasteiger partial charge in [0, 0.05) is 23.1 Å². The fraction of sp³-hybridized carbons (Fsp3) is 0.429. The third-order valence-corrected chi connectivity index (χ3v) is 3.74. The van der Waals surface area contributed by atoms with Crippen LogP contribution in [-0.4, -0.2) is 35.0 Å². The number of carbonyl (C=O) groups excluding carboxylic acids is 1. The van der Waals surface area contributed by atoms with Crippen LogP contribution < -0.4 is 0 Å². The summed E-state index contributed by atoms with van der Waals surface area (Å²) < 4.78 is 0.616. The van der Waals surface area contributed by atoms with Crippen LogP contribution in [0.25, 0.3) is 0 Å². The highest BCUT2D eigenvalue weighted by molar-refractivity contribution is 9.10. The van der Waals surface area contributed by atoms with Crippen molar-refractivity contribution in [3.63, 3.8) is 0 Å². The number of carbonyl (C=O) groups is 2. The standard InChI is InChI=1S/C14H16BrNO3/c15-12-8-10(7-11(9-12)14(18)19)13(17)16-5-3-1-2-4-6-16/h7-9H,1-6H2,(H,18,19). The minimum absolute atomic E-state index is 0.0781. The van der Waals surface area contributed by atoms with Gasteiger partial charge in [-0.25, -0.2) is 4.79 Å². The predicted molar refractivity (Wildman–Crippen MR) is 75.5 cm³/mol. The van der Waals surface area contributed by atoms with Gasteiger partial charge in [0.25, 0.3) is 5.91 Å². The van der Waals surface area contributed by atoms with E-state index in [1.807, 2.05) is 4.90 Å². The molecule has 0 aliphatic carbocycles. The lowest BCUT2D eigenvalue weighted by molar-refractivity contribution is 0.0697. The Morgan fingerprint density at radius 3 is 2.16 bits per heavy atom. The van der Waals surface area contributed by atoms with Crippen molar-refractivity contribution < 1.29 is 14.7 Å². The van der Waals surface area contributed by atoms with Gasteiger partial charge in [-0.2, -0.15) is 0 Å². The van der Waals surface area contributed by atoms with Gasteiger partial charge in [-0.3, -0.25) is 4.79 Å². The van der Waals surface area contributed by atoms with Gasteiger partial charge in [0.2, 0.25) is 0 Å². The quantitative estimate of drug-likeness (QED) is 0.908. The van der Waals surface area contributed by atoms with Crippen LogP contribution in [-0.2, 0) is 0 Å². The number of hydrogen-bond donors (Lipinski definition) is 1. The van der Waals surface area contributed by atoms with Crippen molar-refractivity contribution in [1.82, 2.24) is 4.90 Å². The van der Waals surface area contributed by atoms with E-state index in [4.69, 9.17) is 5.11 Å². The van der Waals surface area contributed by atoms with Crippen LogP contribution in [0, 0.1) is 0 Å². The molecule has 1 saturated heterocycles. The minimum Gasteiger partial charge on any atom is -0.478 e. The van der Waals surface area contributed by atoms with Crippen LogP contribution in [0.4, 0.5) is 0 Å². The lowest BCUT2D eigenvalue weighted by Crippen LogP contribution is -2.31. The molecule has 1 aliphatic heterocycles. The number of benzene rings is 1. The Kier molecular flexibility index (Phi) is 4.58. The number of halogens is 1. The van der Waals surface area contributed by atoms with E-state index in [1.54, 1.807) is 6.07 Å². The summed E-state index contributed by atoms with van der Waals surface area (Å²) in [6.07, 6.45) is 4.35. The summed E-state index contributed by atoms with van der Waals surface area (Å²) in [6, 6.07) is 4.63. The Morgan fingerprint density at radius 1 is 1.00 bits per heavy atom. The van der Waals surface area contributed by atoms with Crippen LogP contribution in [0.1, 0.15) is 46.4 Å².